The third kappa shape index (κ3) is 5.93. The fourth-order valence-corrected chi connectivity index (χ4v) is 2.09. The first kappa shape index (κ1) is 16.5. The molecule has 0 aromatic heterocycles. The van der Waals surface area contributed by atoms with Crippen molar-refractivity contribution >= 4 is 11.9 Å². The lowest BCUT2D eigenvalue weighted by Gasteiger charge is -2.10. The van der Waals surface area contributed by atoms with Gasteiger partial charge in [0.25, 0.3) is 0 Å². The van der Waals surface area contributed by atoms with Crippen LogP contribution >= 0.6 is 0 Å². The molecule has 0 unspecified atom stereocenters. The van der Waals surface area contributed by atoms with Crippen molar-refractivity contribution in [2.24, 2.45) is 0 Å². The van der Waals surface area contributed by atoms with Crippen LogP contribution in [-0.4, -0.2) is 28.7 Å². The molecular weight excluding hydrogens is 270 g/mol. The van der Waals surface area contributed by atoms with Gasteiger partial charge < -0.3 is 10.2 Å². The lowest BCUT2D eigenvalue weighted by atomic mass is 10.1. The summed E-state index contributed by atoms with van der Waals surface area (Å²) in [5, 5.41) is 19.0. The summed E-state index contributed by atoms with van der Waals surface area (Å²) < 4.78 is 0. The summed E-state index contributed by atoms with van der Waals surface area (Å²) >= 11 is 0. The minimum Gasteiger partial charge on any atom is -0.478 e. The first-order valence-electron chi connectivity index (χ1n) is 6.43. The van der Waals surface area contributed by atoms with Crippen LogP contribution in [-0.2, 0) is 16.0 Å². The van der Waals surface area contributed by atoms with Crippen molar-refractivity contribution in [1.82, 2.24) is 5.32 Å². The highest BCUT2D eigenvalue weighted by atomic mass is 16.4. The summed E-state index contributed by atoms with van der Waals surface area (Å²) in [7, 11) is 0. The van der Waals surface area contributed by atoms with Crippen LogP contribution in [0.4, 0.5) is 0 Å². The van der Waals surface area contributed by atoms with Gasteiger partial charge in [-0.15, -0.1) is 6.42 Å². The van der Waals surface area contributed by atoms with Crippen molar-refractivity contribution in [2.45, 2.75) is 18.9 Å². The first-order valence-corrected chi connectivity index (χ1v) is 6.43. The molecule has 1 aliphatic rings. The second-order valence-electron chi connectivity index (χ2n) is 4.38. The third-order valence-electron chi connectivity index (χ3n) is 2.95. The number of benzene rings is 1. The number of aryl methyl sites for hydroxylation is 1. The Morgan fingerprint density at radius 2 is 1.90 bits per heavy atom. The minimum atomic E-state index is -1.26. The number of carbonyl (C=O) groups is 2. The molecule has 0 saturated carbocycles. The number of hydrogen-bond acceptors (Lipinski definition) is 3. The van der Waals surface area contributed by atoms with Gasteiger partial charge in [0.2, 0.25) is 0 Å². The van der Waals surface area contributed by atoms with E-state index in [1.165, 1.54) is 24.0 Å². The number of nitrogens with one attached hydrogen (secondary N) is 1. The highest BCUT2D eigenvalue weighted by Crippen LogP contribution is 2.30. The third-order valence-corrected chi connectivity index (χ3v) is 2.95. The highest BCUT2D eigenvalue weighted by Gasteiger charge is 2.20. The Labute approximate surface area is 123 Å². The van der Waals surface area contributed by atoms with Crippen molar-refractivity contribution in [1.29, 1.82) is 0 Å². The zero-order chi connectivity index (χ0) is 15.7. The SMILES string of the molecule is C#CCN[C@@H]1CCc2ccccc21.O=C(O)C=CC(=O)O. The van der Waals surface area contributed by atoms with Gasteiger partial charge in [0.05, 0.1) is 6.54 Å². The Hall–Kier alpha value is -2.58. The number of fused-ring (bicyclic) bond motifs is 1. The van der Waals surface area contributed by atoms with E-state index in [1.54, 1.807) is 0 Å². The molecule has 0 fully saturated rings. The molecule has 0 saturated heterocycles. The molecule has 0 amide bonds. The van der Waals surface area contributed by atoms with Gasteiger partial charge in [-0.1, -0.05) is 30.2 Å². The largest absolute Gasteiger partial charge is 0.478 e. The molecule has 1 aromatic carbocycles. The lowest BCUT2D eigenvalue weighted by molar-refractivity contribution is -0.134. The van der Waals surface area contributed by atoms with Crippen LogP contribution in [0.1, 0.15) is 23.6 Å². The zero-order valence-corrected chi connectivity index (χ0v) is 11.5. The second kappa shape index (κ2) is 8.56. The molecule has 0 aliphatic heterocycles. The summed E-state index contributed by atoms with van der Waals surface area (Å²) in [6.07, 6.45) is 8.69. The maximum Gasteiger partial charge on any atom is 0.328 e. The summed E-state index contributed by atoms with van der Waals surface area (Å²) in [5.74, 6) is 0.100. The maximum atomic E-state index is 9.55. The van der Waals surface area contributed by atoms with E-state index in [9.17, 15) is 9.59 Å². The van der Waals surface area contributed by atoms with Gasteiger partial charge in [-0.05, 0) is 24.0 Å². The Morgan fingerprint density at radius 1 is 1.29 bits per heavy atom. The van der Waals surface area contributed by atoms with Crippen molar-refractivity contribution in [3.63, 3.8) is 0 Å². The number of hydrogen-bond donors (Lipinski definition) is 3. The Balaban J connectivity index is 0.000000240. The van der Waals surface area contributed by atoms with E-state index in [0.717, 1.165) is 0 Å². The molecule has 0 spiro atoms. The quantitative estimate of drug-likeness (QED) is 0.578. The van der Waals surface area contributed by atoms with E-state index >= 15 is 0 Å². The molecule has 1 aliphatic carbocycles. The molecule has 110 valence electrons. The van der Waals surface area contributed by atoms with Crippen LogP contribution in [0, 0.1) is 12.3 Å². The highest BCUT2D eigenvalue weighted by molar-refractivity contribution is 5.89. The number of carboxylic acids is 2. The summed E-state index contributed by atoms with van der Waals surface area (Å²) in [6, 6.07) is 9.06. The second-order valence-corrected chi connectivity index (χ2v) is 4.38. The monoisotopic (exact) mass is 287 g/mol. The number of carboxylic acid groups (broad SMARTS) is 2. The van der Waals surface area contributed by atoms with E-state index in [2.05, 4.69) is 35.5 Å². The Kier molecular flexibility index (Phi) is 6.72. The van der Waals surface area contributed by atoms with Crippen molar-refractivity contribution in [2.75, 3.05) is 6.54 Å². The van der Waals surface area contributed by atoms with Crippen molar-refractivity contribution in [3.05, 3.63) is 47.5 Å². The molecule has 1 aromatic rings. The zero-order valence-electron chi connectivity index (χ0n) is 11.5. The van der Waals surface area contributed by atoms with E-state index in [0.29, 0.717) is 24.7 Å². The van der Waals surface area contributed by atoms with Crippen molar-refractivity contribution < 1.29 is 19.8 Å². The van der Waals surface area contributed by atoms with Crippen LogP contribution in [0.2, 0.25) is 0 Å². The summed E-state index contributed by atoms with van der Waals surface area (Å²) in [4.78, 5) is 19.1. The van der Waals surface area contributed by atoms with Crippen LogP contribution in [0.5, 0.6) is 0 Å². The molecule has 3 N–H and O–H groups in total. The Bertz CT molecular complexity index is 556. The molecule has 1 atom stereocenters. The number of rotatable bonds is 4. The topological polar surface area (TPSA) is 86.6 Å². The number of aliphatic carboxylic acids is 2. The van der Waals surface area contributed by atoms with Gasteiger partial charge >= 0.3 is 11.9 Å². The molecule has 0 heterocycles. The van der Waals surface area contributed by atoms with Crippen LogP contribution in [0.15, 0.2) is 36.4 Å². The standard InChI is InChI=1S/C12H13N.C4H4O4/c1-2-9-13-12-8-7-10-5-3-4-6-11(10)12;5-3(6)1-2-4(7)8/h1,3-6,12-13H,7-9H2;1-2H,(H,5,6)(H,7,8)/t12-;/m1./s1. The molecule has 21 heavy (non-hydrogen) atoms. The van der Waals surface area contributed by atoms with Gasteiger partial charge in [-0.25, -0.2) is 9.59 Å². The van der Waals surface area contributed by atoms with Crippen LogP contribution < -0.4 is 5.32 Å². The molecule has 2 rings (SSSR count). The van der Waals surface area contributed by atoms with E-state index in [4.69, 9.17) is 16.6 Å². The smallest absolute Gasteiger partial charge is 0.328 e. The molecule has 5 heteroatoms. The van der Waals surface area contributed by atoms with Gasteiger partial charge in [0.15, 0.2) is 0 Å². The first-order chi connectivity index (χ1) is 10.0. The predicted octanol–water partition coefficient (Wildman–Crippen LogP) is 1.61. The summed E-state index contributed by atoms with van der Waals surface area (Å²) in [6.45, 7) is 0.666. The van der Waals surface area contributed by atoms with Gasteiger partial charge in [0, 0.05) is 18.2 Å². The minimum absolute atomic E-state index is 0.479. The fourth-order valence-electron chi connectivity index (χ4n) is 2.09. The maximum absolute atomic E-state index is 9.55. The Morgan fingerprint density at radius 3 is 2.48 bits per heavy atom. The predicted molar refractivity (Wildman–Crippen MR) is 78.8 cm³/mol. The lowest BCUT2D eigenvalue weighted by Crippen LogP contribution is -2.19. The molecule has 5 nitrogen and oxygen atoms in total. The van der Waals surface area contributed by atoms with E-state index < -0.39 is 11.9 Å². The van der Waals surface area contributed by atoms with Crippen LogP contribution in [0.3, 0.4) is 0 Å². The molecular formula is C16H17NO4. The normalized spacial score (nSPS) is 15.7. The summed E-state index contributed by atoms with van der Waals surface area (Å²) in [5.41, 5.74) is 2.90. The van der Waals surface area contributed by atoms with Crippen molar-refractivity contribution in [3.8, 4) is 12.3 Å². The molecule has 0 radical (unpaired) electrons. The van der Waals surface area contributed by atoms with Gasteiger partial charge in [0.1, 0.15) is 0 Å². The van der Waals surface area contributed by atoms with Gasteiger partial charge in [-0.3, -0.25) is 5.32 Å². The van der Waals surface area contributed by atoms with Gasteiger partial charge in [-0.2, -0.15) is 0 Å². The molecule has 0 bridgehead atoms. The van der Waals surface area contributed by atoms with E-state index in [1.807, 2.05) is 0 Å². The van der Waals surface area contributed by atoms with Crippen LogP contribution in [0.25, 0.3) is 0 Å². The average Bonchev–Trinajstić information content (AvgIpc) is 2.87. The average molecular weight is 287 g/mol. The number of terminal acetylenes is 1. The van der Waals surface area contributed by atoms with E-state index in [-0.39, 0.29) is 0 Å². The fraction of sp³-hybridized carbons (Fsp3) is 0.250.